The maximum atomic E-state index is 12.9. The van der Waals surface area contributed by atoms with Gasteiger partial charge in [0.1, 0.15) is 12.6 Å². The molecule has 0 radical (unpaired) electrons. The number of carboxylic acids is 1. The predicted molar refractivity (Wildman–Crippen MR) is 125 cm³/mol. The van der Waals surface area contributed by atoms with Crippen molar-refractivity contribution >= 4 is 18.0 Å². The highest BCUT2D eigenvalue weighted by atomic mass is 16.5. The van der Waals surface area contributed by atoms with E-state index in [4.69, 9.17) is 14.7 Å². The van der Waals surface area contributed by atoms with Crippen LogP contribution in [0.4, 0.5) is 4.79 Å². The standard InChI is InChI=1S/C26H27N3O6/c27-13-6-5-11-22(24(30)28-21-12-14-34-23(21)25(31)32)29-26(33)35-15-20-18-9-3-1-7-16(18)17-8-2-4-10-19(17)20/h1-4,7-10,20-23H,5-6,11-12,14-15H2,(H,28,30)(H,29,33)(H,31,32)/t21-,22?,23+/m0/s1. The SMILES string of the molecule is N#CCCCC(NC(=O)OCC1c2ccccc2-c2ccccc21)C(=O)N[C@H]1CCO[C@H]1C(=O)O. The van der Waals surface area contributed by atoms with Crippen LogP contribution < -0.4 is 10.6 Å². The Kier molecular flexibility index (Phi) is 7.63. The number of rotatable bonds is 9. The molecule has 3 atom stereocenters. The van der Waals surface area contributed by atoms with Crippen LogP contribution in [0, 0.1) is 11.3 Å². The van der Waals surface area contributed by atoms with Crippen LogP contribution in [-0.2, 0) is 19.1 Å². The summed E-state index contributed by atoms with van der Waals surface area (Å²) in [6.07, 6.45) is -0.690. The first-order valence-corrected chi connectivity index (χ1v) is 11.6. The lowest BCUT2D eigenvalue weighted by Crippen LogP contribution is -2.52. The minimum absolute atomic E-state index is 0.101. The number of hydrogen-bond donors (Lipinski definition) is 3. The van der Waals surface area contributed by atoms with Crippen LogP contribution in [0.2, 0.25) is 0 Å². The van der Waals surface area contributed by atoms with E-state index in [0.717, 1.165) is 22.3 Å². The monoisotopic (exact) mass is 477 g/mol. The molecule has 182 valence electrons. The van der Waals surface area contributed by atoms with E-state index in [0.29, 0.717) is 12.8 Å². The second-order valence-corrected chi connectivity index (χ2v) is 8.61. The van der Waals surface area contributed by atoms with Gasteiger partial charge < -0.3 is 25.2 Å². The lowest BCUT2D eigenvalue weighted by Gasteiger charge is -2.22. The molecule has 0 bridgehead atoms. The quantitative estimate of drug-likeness (QED) is 0.472. The first-order valence-electron chi connectivity index (χ1n) is 11.6. The van der Waals surface area contributed by atoms with Gasteiger partial charge >= 0.3 is 12.1 Å². The molecule has 9 nitrogen and oxygen atoms in total. The summed E-state index contributed by atoms with van der Waals surface area (Å²) in [5.74, 6) is -1.80. The maximum Gasteiger partial charge on any atom is 0.407 e. The molecule has 1 fully saturated rings. The molecule has 0 aromatic heterocycles. The van der Waals surface area contributed by atoms with Crippen molar-refractivity contribution in [2.45, 2.75) is 49.8 Å². The number of carbonyl (C=O) groups excluding carboxylic acids is 2. The van der Waals surface area contributed by atoms with Gasteiger partial charge in [-0.2, -0.15) is 5.26 Å². The number of nitrogens with one attached hydrogen (secondary N) is 2. The van der Waals surface area contributed by atoms with Crippen molar-refractivity contribution in [2.24, 2.45) is 0 Å². The first kappa shape index (κ1) is 24.2. The zero-order chi connectivity index (χ0) is 24.8. The Labute approximate surface area is 203 Å². The van der Waals surface area contributed by atoms with Gasteiger partial charge in [-0.15, -0.1) is 0 Å². The Bertz CT molecular complexity index is 1100. The van der Waals surface area contributed by atoms with Gasteiger partial charge in [-0.3, -0.25) is 4.79 Å². The molecule has 0 spiro atoms. The lowest BCUT2D eigenvalue weighted by atomic mass is 9.98. The third-order valence-electron chi connectivity index (χ3n) is 6.40. The van der Waals surface area contributed by atoms with Crippen molar-refractivity contribution in [3.63, 3.8) is 0 Å². The highest BCUT2D eigenvalue weighted by Gasteiger charge is 2.37. The van der Waals surface area contributed by atoms with Crippen molar-refractivity contribution in [1.29, 1.82) is 5.26 Å². The molecular weight excluding hydrogens is 450 g/mol. The van der Waals surface area contributed by atoms with Crippen molar-refractivity contribution in [1.82, 2.24) is 10.6 Å². The molecule has 1 aliphatic carbocycles. The van der Waals surface area contributed by atoms with E-state index in [-0.39, 0.29) is 32.0 Å². The molecule has 0 saturated carbocycles. The van der Waals surface area contributed by atoms with Crippen molar-refractivity contribution in [3.05, 3.63) is 59.7 Å². The van der Waals surface area contributed by atoms with Crippen molar-refractivity contribution < 1.29 is 29.0 Å². The molecule has 1 aliphatic heterocycles. The molecule has 3 N–H and O–H groups in total. The Hall–Kier alpha value is -3.90. The zero-order valence-electron chi connectivity index (χ0n) is 19.1. The third kappa shape index (κ3) is 5.44. The number of nitriles is 1. The molecule has 2 aromatic carbocycles. The molecule has 4 rings (SSSR count). The number of unbranched alkanes of at least 4 members (excludes halogenated alkanes) is 1. The highest BCUT2D eigenvalue weighted by Crippen LogP contribution is 2.44. The summed E-state index contributed by atoms with van der Waals surface area (Å²) >= 11 is 0. The smallest absolute Gasteiger partial charge is 0.407 e. The maximum absolute atomic E-state index is 12.9. The summed E-state index contributed by atoms with van der Waals surface area (Å²) in [4.78, 5) is 36.9. The van der Waals surface area contributed by atoms with Gasteiger partial charge in [-0.05, 0) is 41.5 Å². The average Bonchev–Trinajstić information content (AvgIpc) is 3.45. The van der Waals surface area contributed by atoms with Crippen molar-refractivity contribution in [3.8, 4) is 17.2 Å². The minimum Gasteiger partial charge on any atom is -0.479 e. The number of carboxylic acid groups (broad SMARTS) is 1. The Morgan fingerprint density at radius 3 is 2.40 bits per heavy atom. The number of hydrogen-bond acceptors (Lipinski definition) is 6. The normalized spacial score (nSPS) is 19.2. The molecule has 1 unspecified atom stereocenters. The third-order valence-corrected chi connectivity index (χ3v) is 6.40. The molecule has 2 aromatic rings. The number of aliphatic carboxylic acids is 1. The number of fused-ring (bicyclic) bond motifs is 3. The van der Waals surface area contributed by atoms with Crippen molar-refractivity contribution in [2.75, 3.05) is 13.2 Å². The van der Waals surface area contributed by atoms with Crippen LogP contribution in [0.25, 0.3) is 11.1 Å². The second-order valence-electron chi connectivity index (χ2n) is 8.61. The number of carbonyl (C=O) groups is 3. The van der Waals surface area contributed by atoms with Gasteiger partial charge in [-0.1, -0.05) is 48.5 Å². The van der Waals surface area contributed by atoms with Crippen LogP contribution in [0.1, 0.15) is 42.7 Å². The summed E-state index contributed by atoms with van der Waals surface area (Å²) in [6.45, 7) is 0.324. The Balaban J connectivity index is 1.40. The molecule has 1 saturated heterocycles. The first-order chi connectivity index (χ1) is 17.0. The molecule has 2 amide bonds. The Morgan fingerprint density at radius 2 is 1.77 bits per heavy atom. The average molecular weight is 478 g/mol. The van der Waals surface area contributed by atoms with Gasteiger partial charge in [0.15, 0.2) is 6.10 Å². The van der Waals surface area contributed by atoms with E-state index in [1.807, 2.05) is 54.6 Å². The molecule has 1 heterocycles. The highest BCUT2D eigenvalue weighted by molar-refractivity contribution is 5.87. The fraction of sp³-hybridized carbons (Fsp3) is 0.385. The zero-order valence-corrected chi connectivity index (χ0v) is 19.1. The number of nitrogens with zero attached hydrogens (tertiary/aromatic N) is 1. The number of ether oxygens (including phenoxy) is 2. The fourth-order valence-corrected chi connectivity index (χ4v) is 4.70. The number of alkyl carbamates (subject to hydrolysis) is 1. The topological polar surface area (TPSA) is 138 Å². The van der Waals surface area contributed by atoms with Gasteiger partial charge in [0.2, 0.25) is 5.91 Å². The molecule has 35 heavy (non-hydrogen) atoms. The summed E-state index contributed by atoms with van der Waals surface area (Å²) in [5, 5.41) is 23.4. The van der Waals surface area contributed by atoms with Crippen LogP contribution in [0.15, 0.2) is 48.5 Å². The van der Waals surface area contributed by atoms with Gasteiger partial charge in [0.25, 0.3) is 0 Å². The van der Waals surface area contributed by atoms with E-state index in [1.165, 1.54) is 0 Å². The lowest BCUT2D eigenvalue weighted by molar-refractivity contribution is -0.148. The van der Waals surface area contributed by atoms with Gasteiger partial charge in [0.05, 0.1) is 12.1 Å². The van der Waals surface area contributed by atoms with Gasteiger partial charge in [0, 0.05) is 18.9 Å². The van der Waals surface area contributed by atoms with Crippen LogP contribution in [0.5, 0.6) is 0 Å². The molecular formula is C26H27N3O6. The minimum atomic E-state index is -1.15. The van der Waals surface area contributed by atoms with Gasteiger partial charge in [-0.25, -0.2) is 9.59 Å². The number of amides is 2. The van der Waals surface area contributed by atoms with Crippen LogP contribution in [0.3, 0.4) is 0 Å². The Morgan fingerprint density at radius 1 is 1.11 bits per heavy atom. The largest absolute Gasteiger partial charge is 0.479 e. The fourth-order valence-electron chi connectivity index (χ4n) is 4.70. The van der Waals surface area contributed by atoms with E-state index >= 15 is 0 Å². The molecule has 9 heteroatoms. The summed E-state index contributed by atoms with van der Waals surface area (Å²) < 4.78 is 10.7. The summed E-state index contributed by atoms with van der Waals surface area (Å²) in [6, 6.07) is 16.3. The van der Waals surface area contributed by atoms with E-state index in [9.17, 15) is 19.5 Å². The van der Waals surface area contributed by atoms with Crippen LogP contribution in [-0.4, -0.2) is 54.5 Å². The summed E-state index contributed by atoms with van der Waals surface area (Å²) in [5.41, 5.74) is 4.37. The second kappa shape index (κ2) is 11.0. The van der Waals surface area contributed by atoms with Crippen LogP contribution >= 0.6 is 0 Å². The van der Waals surface area contributed by atoms with E-state index < -0.39 is 36.2 Å². The number of benzene rings is 2. The molecule has 2 aliphatic rings. The van der Waals surface area contributed by atoms with E-state index in [2.05, 4.69) is 10.6 Å². The summed E-state index contributed by atoms with van der Waals surface area (Å²) in [7, 11) is 0. The van der Waals surface area contributed by atoms with E-state index in [1.54, 1.807) is 0 Å². The predicted octanol–water partition coefficient (Wildman–Crippen LogP) is 2.95.